The minimum atomic E-state index is -0.340. The van der Waals surface area contributed by atoms with E-state index in [0.717, 1.165) is 22.3 Å². The number of fused-ring (bicyclic) bond motifs is 2. The zero-order chi connectivity index (χ0) is 30.8. The number of aromatic nitrogens is 9. The highest BCUT2D eigenvalue weighted by Crippen LogP contribution is 2.33. The Hall–Kier alpha value is -6.43. The number of aromatic amines is 3. The molecular formula is C33H21F2N9O. The van der Waals surface area contributed by atoms with E-state index in [2.05, 4.69) is 45.3 Å². The van der Waals surface area contributed by atoms with Gasteiger partial charge in [-0.1, -0.05) is 24.3 Å². The molecule has 218 valence electrons. The first-order valence-electron chi connectivity index (χ1n) is 13.7. The van der Waals surface area contributed by atoms with Crippen LogP contribution in [0.5, 0.6) is 0 Å². The number of H-pyrrole nitrogens is 3. The lowest BCUT2D eigenvalue weighted by Gasteiger charge is -2.09. The molecule has 0 saturated carbocycles. The molecule has 8 rings (SSSR count). The zero-order valence-corrected chi connectivity index (χ0v) is 23.2. The Labute approximate surface area is 252 Å². The Morgan fingerprint density at radius 3 is 1.76 bits per heavy atom. The van der Waals surface area contributed by atoms with Crippen LogP contribution >= 0.6 is 0 Å². The van der Waals surface area contributed by atoms with Gasteiger partial charge in [-0.3, -0.25) is 15.0 Å². The molecule has 10 nitrogen and oxygen atoms in total. The van der Waals surface area contributed by atoms with Crippen LogP contribution in [0, 0.1) is 11.6 Å². The van der Waals surface area contributed by atoms with E-state index in [1.54, 1.807) is 43.0 Å². The zero-order valence-electron chi connectivity index (χ0n) is 23.2. The predicted octanol–water partition coefficient (Wildman–Crippen LogP) is 6.34. The van der Waals surface area contributed by atoms with Crippen molar-refractivity contribution >= 4 is 22.3 Å². The summed E-state index contributed by atoms with van der Waals surface area (Å²) in [7, 11) is 0. The molecule has 0 amide bonds. The van der Waals surface area contributed by atoms with Gasteiger partial charge in [0.15, 0.2) is 5.65 Å². The van der Waals surface area contributed by atoms with E-state index >= 15 is 0 Å². The number of rotatable bonds is 4. The summed E-state index contributed by atoms with van der Waals surface area (Å²) in [4.78, 5) is 33.9. The maximum absolute atomic E-state index is 13.6. The molecule has 0 aliphatic rings. The molecular weight excluding hydrogens is 576 g/mol. The molecule has 8 aromatic rings. The number of benzene rings is 2. The van der Waals surface area contributed by atoms with Crippen LogP contribution in [0.15, 0.2) is 115 Å². The van der Waals surface area contributed by atoms with Gasteiger partial charge in [-0.15, -0.1) is 5.10 Å². The van der Waals surface area contributed by atoms with Gasteiger partial charge in [0.1, 0.15) is 17.2 Å². The molecule has 3 N–H and O–H groups in total. The fourth-order valence-corrected chi connectivity index (χ4v) is 4.96. The maximum atomic E-state index is 13.6. The smallest absolute Gasteiger partial charge is 0.304 e. The van der Waals surface area contributed by atoms with Crippen molar-refractivity contribution in [2.24, 2.45) is 0 Å². The largest absolute Gasteiger partial charge is 0.325 e. The van der Waals surface area contributed by atoms with Crippen molar-refractivity contribution in [1.82, 2.24) is 45.3 Å². The number of hydrogen-bond acceptors (Lipinski definition) is 7. The lowest BCUT2D eigenvalue weighted by Crippen LogP contribution is -1.99. The van der Waals surface area contributed by atoms with E-state index in [0.29, 0.717) is 44.8 Å². The van der Waals surface area contributed by atoms with E-state index in [-0.39, 0.29) is 17.3 Å². The first-order valence-corrected chi connectivity index (χ1v) is 13.7. The van der Waals surface area contributed by atoms with Gasteiger partial charge >= 0.3 is 5.69 Å². The van der Waals surface area contributed by atoms with Crippen molar-refractivity contribution < 1.29 is 8.78 Å². The number of nitrogens with one attached hydrogen (secondary N) is 3. The van der Waals surface area contributed by atoms with Gasteiger partial charge in [-0.2, -0.15) is 10.3 Å². The fraction of sp³-hybridized carbons (Fsp3) is 0. The second-order valence-corrected chi connectivity index (χ2v) is 9.90. The van der Waals surface area contributed by atoms with Gasteiger partial charge in [-0.25, -0.2) is 23.5 Å². The van der Waals surface area contributed by atoms with Crippen LogP contribution in [0.25, 0.3) is 67.1 Å². The normalized spacial score (nSPS) is 11.0. The first-order chi connectivity index (χ1) is 22.0. The summed E-state index contributed by atoms with van der Waals surface area (Å²) in [5, 5.41) is 10.6. The van der Waals surface area contributed by atoms with Crippen LogP contribution in [-0.4, -0.2) is 45.3 Å². The molecule has 0 aliphatic heterocycles. The fourth-order valence-electron chi connectivity index (χ4n) is 4.96. The van der Waals surface area contributed by atoms with Gasteiger partial charge in [0, 0.05) is 47.0 Å². The second kappa shape index (κ2) is 11.7. The Morgan fingerprint density at radius 1 is 0.578 bits per heavy atom. The summed E-state index contributed by atoms with van der Waals surface area (Å²) in [6.45, 7) is 0. The van der Waals surface area contributed by atoms with E-state index in [4.69, 9.17) is 0 Å². The minimum Gasteiger partial charge on any atom is -0.304 e. The number of hydrogen-bond donors (Lipinski definition) is 3. The third-order valence-corrected chi connectivity index (χ3v) is 6.99. The van der Waals surface area contributed by atoms with Gasteiger partial charge in [0.2, 0.25) is 5.65 Å². The molecule has 6 heterocycles. The van der Waals surface area contributed by atoms with Crippen LogP contribution in [0.2, 0.25) is 0 Å². The van der Waals surface area contributed by atoms with Crippen LogP contribution in [-0.2, 0) is 0 Å². The van der Waals surface area contributed by atoms with Crippen LogP contribution in [0.4, 0.5) is 8.78 Å². The van der Waals surface area contributed by atoms with Crippen molar-refractivity contribution in [3.8, 4) is 44.8 Å². The van der Waals surface area contributed by atoms with E-state index in [1.165, 1.54) is 24.3 Å². The number of pyridine rings is 4. The molecule has 12 heteroatoms. The summed E-state index contributed by atoms with van der Waals surface area (Å²) in [6.07, 6.45) is 6.76. The van der Waals surface area contributed by atoms with E-state index in [9.17, 15) is 13.6 Å². The molecule has 45 heavy (non-hydrogen) atoms. The number of halogens is 2. The molecule has 0 unspecified atom stereocenters. The summed E-state index contributed by atoms with van der Waals surface area (Å²) in [5.74, 6) is -0.645. The molecule has 6 aromatic heterocycles. The SMILES string of the molecule is Fc1cccc(-c2nc3n[nH]nc3cc2-c2ccncc2)c1.O=c1[nH]c2cc(-c3ccncc3)c(-c3cccc(F)c3)nc2[nH]1. The summed E-state index contributed by atoms with van der Waals surface area (Å²) < 4.78 is 27.2. The first kappa shape index (κ1) is 27.4. The van der Waals surface area contributed by atoms with E-state index < -0.39 is 0 Å². The summed E-state index contributed by atoms with van der Waals surface area (Å²) in [6, 6.07) is 23.7. The van der Waals surface area contributed by atoms with Crippen molar-refractivity contribution in [3.05, 3.63) is 132 Å². The highest BCUT2D eigenvalue weighted by Gasteiger charge is 2.15. The lowest BCUT2D eigenvalue weighted by atomic mass is 10.00. The highest BCUT2D eigenvalue weighted by molar-refractivity contribution is 5.89. The average molecular weight is 598 g/mol. The van der Waals surface area contributed by atoms with Crippen molar-refractivity contribution in [2.75, 3.05) is 0 Å². The molecule has 0 bridgehead atoms. The Balaban J connectivity index is 0.000000145. The maximum Gasteiger partial charge on any atom is 0.325 e. The van der Waals surface area contributed by atoms with Crippen molar-refractivity contribution in [1.29, 1.82) is 0 Å². The van der Waals surface area contributed by atoms with Crippen LogP contribution in [0.1, 0.15) is 0 Å². The second-order valence-electron chi connectivity index (χ2n) is 9.90. The molecule has 0 aliphatic carbocycles. The van der Waals surface area contributed by atoms with Crippen molar-refractivity contribution in [2.45, 2.75) is 0 Å². The molecule has 0 saturated heterocycles. The molecule has 0 fully saturated rings. The summed E-state index contributed by atoms with van der Waals surface area (Å²) >= 11 is 0. The third kappa shape index (κ3) is 5.67. The number of imidazole rings is 1. The van der Waals surface area contributed by atoms with Gasteiger partial charge in [0.05, 0.1) is 16.9 Å². The van der Waals surface area contributed by atoms with Gasteiger partial charge < -0.3 is 4.98 Å². The molecule has 0 radical (unpaired) electrons. The predicted molar refractivity (Wildman–Crippen MR) is 166 cm³/mol. The summed E-state index contributed by atoms with van der Waals surface area (Å²) in [5.41, 5.74) is 7.92. The Kier molecular flexibility index (Phi) is 7.12. The third-order valence-electron chi connectivity index (χ3n) is 6.99. The monoisotopic (exact) mass is 597 g/mol. The van der Waals surface area contributed by atoms with Crippen molar-refractivity contribution in [3.63, 3.8) is 0 Å². The van der Waals surface area contributed by atoms with Crippen LogP contribution in [0.3, 0.4) is 0 Å². The quantitative estimate of drug-likeness (QED) is 0.215. The number of nitrogens with zero attached hydrogens (tertiary/aromatic N) is 6. The Morgan fingerprint density at radius 2 is 1.16 bits per heavy atom. The molecule has 2 aromatic carbocycles. The molecule has 0 atom stereocenters. The standard InChI is InChI=1S/C17H11FN4O.C16H10FN5/c18-12-3-1-2-11(8-12)15-13(10-4-6-19-7-5-10)9-14-16(21-15)22-17(23)20-14;17-12-3-1-2-11(8-12)15-13(10-4-6-18-7-5-10)9-14-16(19-15)21-22-20-14/h1-9H,(H2,20,21,22,23);1-9H,(H,19,20,21,22). The van der Waals surface area contributed by atoms with Gasteiger partial charge in [-0.05, 0) is 71.8 Å². The highest BCUT2D eigenvalue weighted by atomic mass is 19.1. The topological polar surface area (TPSA) is 142 Å². The minimum absolute atomic E-state index is 0.305. The average Bonchev–Trinajstić information content (AvgIpc) is 3.69. The van der Waals surface area contributed by atoms with Gasteiger partial charge in [0.25, 0.3) is 0 Å². The van der Waals surface area contributed by atoms with E-state index in [1.807, 2.05) is 42.5 Å². The lowest BCUT2D eigenvalue weighted by molar-refractivity contribution is 0.628. The van der Waals surface area contributed by atoms with Crippen LogP contribution < -0.4 is 5.69 Å². The Bertz CT molecular complexity index is 2330. The molecule has 0 spiro atoms.